The van der Waals surface area contributed by atoms with Crippen molar-refractivity contribution in [3.05, 3.63) is 47.0 Å². The number of halogens is 1. The lowest BCUT2D eigenvalue weighted by atomic mass is 9.88. The fraction of sp³-hybridized carbons (Fsp3) is 0.593. The monoisotopic (exact) mass is 452 g/mol. The second kappa shape index (κ2) is 9.78. The summed E-state index contributed by atoms with van der Waals surface area (Å²) in [6, 6.07) is 6.80. The number of carbonyl (C=O) groups excluding carboxylic acids is 1. The van der Waals surface area contributed by atoms with E-state index in [9.17, 15) is 9.18 Å². The molecule has 1 saturated carbocycles. The fourth-order valence-electron chi connectivity index (χ4n) is 5.13. The predicted molar refractivity (Wildman–Crippen MR) is 131 cm³/mol. The minimum absolute atomic E-state index is 0.121. The van der Waals surface area contributed by atoms with Crippen LogP contribution in [0, 0.1) is 11.7 Å². The second-order valence-electron chi connectivity index (χ2n) is 10.7. The van der Waals surface area contributed by atoms with E-state index in [1.165, 1.54) is 44.2 Å². The highest BCUT2D eigenvalue weighted by Crippen LogP contribution is 2.36. The molecule has 0 unspecified atom stereocenters. The molecule has 178 valence electrons. The first kappa shape index (κ1) is 23.7. The molecule has 0 bridgehead atoms. The van der Waals surface area contributed by atoms with Crippen LogP contribution in [0.15, 0.2) is 29.3 Å². The number of Topliss-reactive ketones (excluding diaryl/α,β-unsaturated/α-hetero) is 1. The summed E-state index contributed by atoms with van der Waals surface area (Å²) in [5.74, 6) is 1.58. The average Bonchev–Trinajstić information content (AvgIpc) is 3.09. The number of amidine groups is 1. The van der Waals surface area contributed by atoms with Gasteiger partial charge in [0.25, 0.3) is 0 Å². The Labute approximate surface area is 197 Å². The van der Waals surface area contributed by atoms with Crippen molar-refractivity contribution in [1.82, 2.24) is 14.7 Å². The van der Waals surface area contributed by atoms with Crippen LogP contribution in [0.3, 0.4) is 0 Å². The average molecular weight is 453 g/mol. The first-order valence-corrected chi connectivity index (χ1v) is 12.4. The summed E-state index contributed by atoms with van der Waals surface area (Å²) in [7, 11) is 1.85. The number of carbonyl (C=O) groups is 1. The molecule has 6 heteroatoms. The van der Waals surface area contributed by atoms with Crippen LogP contribution in [0.1, 0.15) is 93.9 Å². The highest BCUT2D eigenvalue weighted by Gasteiger charge is 2.31. The zero-order chi connectivity index (χ0) is 23.6. The van der Waals surface area contributed by atoms with Crippen LogP contribution in [0.2, 0.25) is 0 Å². The Hall–Kier alpha value is -2.50. The lowest BCUT2D eigenvalue weighted by Gasteiger charge is -2.33. The molecule has 1 fully saturated rings. The van der Waals surface area contributed by atoms with Crippen molar-refractivity contribution in [3.63, 3.8) is 0 Å². The smallest absolute Gasteiger partial charge is 0.183 e. The molecule has 1 aliphatic heterocycles. The molecule has 0 radical (unpaired) electrons. The van der Waals surface area contributed by atoms with Gasteiger partial charge in [0, 0.05) is 38.4 Å². The number of benzene rings is 1. The van der Waals surface area contributed by atoms with Crippen LogP contribution in [-0.4, -0.2) is 32.8 Å². The summed E-state index contributed by atoms with van der Waals surface area (Å²) in [5, 5.41) is 4.73. The summed E-state index contributed by atoms with van der Waals surface area (Å²) in [6.45, 7) is 8.00. The van der Waals surface area contributed by atoms with Crippen molar-refractivity contribution in [2.45, 2.75) is 84.1 Å². The van der Waals surface area contributed by atoms with Gasteiger partial charge in [0.1, 0.15) is 23.0 Å². The Kier molecular flexibility index (Phi) is 7.01. The van der Waals surface area contributed by atoms with E-state index in [-0.39, 0.29) is 17.0 Å². The lowest BCUT2D eigenvalue weighted by molar-refractivity contribution is 0.0971. The van der Waals surface area contributed by atoms with Crippen molar-refractivity contribution in [1.29, 1.82) is 0 Å². The molecule has 0 N–H and O–H groups in total. The maximum atomic E-state index is 13.5. The Balaban J connectivity index is 1.75. The van der Waals surface area contributed by atoms with E-state index in [2.05, 4.69) is 25.7 Å². The molecule has 0 atom stereocenters. The van der Waals surface area contributed by atoms with Crippen LogP contribution >= 0.6 is 0 Å². The van der Waals surface area contributed by atoms with Gasteiger partial charge in [-0.3, -0.25) is 9.48 Å². The number of aryl methyl sites for hydroxylation is 1. The zero-order valence-electron chi connectivity index (χ0n) is 20.5. The Morgan fingerprint density at radius 3 is 2.42 bits per heavy atom. The minimum atomic E-state index is -0.218. The Bertz CT molecular complexity index is 1010. The van der Waals surface area contributed by atoms with Crippen LogP contribution in [0.5, 0.6) is 0 Å². The minimum Gasteiger partial charge on any atom is -0.355 e. The van der Waals surface area contributed by atoms with Gasteiger partial charge in [-0.15, -0.1) is 0 Å². The molecule has 1 aliphatic carbocycles. The Morgan fingerprint density at radius 2 is 1.76 bits per heavy atom. The third-order valence-electron chi connectivity index (χ3n) is 6.90. The largest absolute Gasteiger partial charge is 0.355 e. The van der Waals surface area contributed by atoms with E-state index in [1.54, 1.807) is 4.68 Å². The first-order valence-electron chi connectivity index (χ1n) is 12.4. The van der Waals surface area contributed by atoms with Crippen molar-refractivity contribution < 1.29 is 9.18 Å². The van der Waals surface area contributed by atoms with Crippen LogP contribution in [-0.2, 0) is 19.0 Å². The molecule has 0 amide bonds. The number of hydrogen-bond donors (Lipinski definition) is 0. The topological polar surface area (TPSA) is 50.5 Å². The number of ketones is 1. The van der Waals surface area contributed by atoms with Gasteiger partial charge in [-0.25, -0.2) is 9.38 Å². The molecule has 2 aromatic rings. The summed E-state index contributed by atoms with van der Waals surface area (Å²) in [6.07, 6.45) is 8.44. The SMILES string of the molecule is Cn1nc(C(C)(C)C)c2c1C(=O)CCCC(N(Cc1ccc(F)cc1)CC1CCCCC1)=N2. The molecule has 1 aromatic carbocycles. The molecule has 1 aromatic heterocycles. The summed E-state index contributed by atoms with van der Waals surface area (Å²) in [5.41, 5.74) is 3.08. The van der Waals surface area contributed by atoms with Gasteiger partial charge in [0.2, 0.25) is 0 Å². The highest BCUT2D eigenvalue weighted by atomic mass is 19.1. The first-order chi connectivity index (χ1) is 15.7. The van der Waals surface area contributed by atoms with E-state index < -0.39 is 0 Å². The third-order valence-corrected chi connectivity index (χ3v) is 6.90. The molecule has 5 nitrogen and oxygen atoms in total. The zero-order valence-corrected chi connectivity index (χ0v) is 20.5. The third kappa shape index (κ3) is 5.53. The molecule has 0 spiro atoms. The number of aliphatic imine (C=N–C) groups is 1. The van der Waals surface area contributed by atoms with Crippen molar-refractivity contribution in [2.24, 2.45) is 18.0 Å². The van der Waals surface area contributed by atoms with Crippen molar-refractivity contribution in [3.8, 4) is 0 Å². The molecular weight excluding hydrogens is 415 g/mol. The van der Waals surface area contributed by atoms with Gasteiger partial charge >= 0.3 is 0 Å². The summed E-state index contributed by atoms with van der Waals surface area (Å²) in [4.78, 5) is 20.5. The van der Waals surface area contributed by atoms with E-state index in [1.807, 2.05) is 19.2 Å². The van der Waals surface area contributed by atoms with Crippen LogP contribution in [0.25, 0.3) is 0 Å². The molecule has 2 heterocycles. The Morgan fingerprint density at radius 1 is 1.06 bits per heavy atom. The molecule has 4 rings (SSSR count). The van der Waals surface area contributed by atoms with Crippen molar-refractivity contribution >= 4 is 17.3 Å². The van der Waals surface area contributed by atoms with E-state index in [0.717, 1.165) is 42.2 Å². The maximum Gasteiger partial charge on any atom is 0.183 e. The van der Waals surface area contributed by atoms with Gasteiger partial charge in [-0.2, -0.15) is 5.10 Å². The van der Waals surface area contributed by atoms with Gasteiger partial charge in [0.05, 0.1) is 5.69 Å². The number of aromatic nitrogens is 2. The number of fused-ring (bicyclic) bond motifs is 1. The van der Waals surface area contributed by atoms with Crippen LogP contribution in [0.4, 0.5) is 10.1 Å². The molecule has 33 heavy (non-hydrogen) atoms. The van der Waals surface area contributed by atoms with Gasteiger partial charge in [-0.05, 0) is 42.9 Å². The van der Waals surface area contributed by atoms with E-state index in [0.29, 0.717) is 24.6 Å². The fourth-order valence-corrected chi connectivity index (χ4v) is 5.13. The standard InChI is InChI=1S/C27H37FN4O/c1-27(2,3)26-24-25(31(4)30-26)22(33)11-8-12-23(29-24)32(17-19-9-6-5-7-10-19)18-20-13-15-21(28)16-14-20/h13-16,19H,5-12,17-18H2,1-4H3. The van der Waals surface area contributed by atoms with Gasteiger partial charge < -0.3 is 4.90 Å². The number of hydrogen-bond acceptors (Lipinski definition) is 4. The number of nitrogens with zero attached hydrogens (tertiary/aromatic N) is 4. The molecule has 0 saturated heterocycles. The van der Waals surface area contributed by atoms with E-state index in [4.69, 9.17) is 10.1 Å². The van der Waals surface area contributed by atoms with E-state index >= 15 is 0 Å². The van der Waals surface area contributed by atoms with Gasteiger partial charge in [-0.1, -0.05) is 52.2 Å². The quantitative estimate of drug-likeness (QED) is 0.544. The van der Waals surface area contributed by atoms with Gasteiger partial charge in [0.15, 0.2) is 5.78 Å². The molecular formula is C27H37FN4O. The number of rotatable bonds is 4. The normalized spacial score (nSPS) is 17.8. The molecule has 2 aliphatic rings. The summed E-state index contributed by atoms with van der Waals surface area (Å²) < 4.78 is 15.3. The summed E-state index contributed by atoms with van der Waals surface area (Å²) >= 11 is 0. The maximum absolute atomic E-state index is 13.5. The van der Waals surface area contributed by atoms with Crippen molar-refractivity contribution in [2.75, 3.05) is 6.54 Å². The lowest BCUT2D eigenvalue weighted by Crippen LogP contribution is -2.36. The van der Waals surface area contributed by atoms with Crippen LogP contribution < -0.4 is 0 Å². The second-order valence-corrected chi connectivity index (χ2v) is 10.7. The predicted octanol–water partition coefficient (Wildman–Crippen LogP) is 6.34. The highest BCUT2D eigenvalue weighted by molar-refractivity contribution is 6.02.